The minimum Gasteiger partial charge on any atom is -0.394 e. The van der Waals surface area contributed by atoms with E-state index in [1.807, 2.05) is 49.4 Å². The Morgan fingerprint density at radius 3 is 2.56 bits per heavy atom. The highest BCUT2D eigenvalue weighted by molar-refractivity contribution is 6.30. The molecule has 0 aliphatic carbocycles. The Bertz CT molecular complexity index is 821. The summed E-state index contributed by atoms with van der Waals surface area (Å²) >= 11 is 5.98. The summed E-state index contributed by atoms with van der Waals surface area (Å²) in [5.41, 5.74) is 2.55. The topological polar surface area (TPSA) is 70.9 Å². The number of pyridine rings is 1. The molecular weight excluding hydrogens is 336 g/mol. The fourth-order valence-corrected chi connectivity index (χ4v) is 2.53. The summed E-state index contributed by atoms with van der Waals surface area (Å²) in [7, 11) is 0. The molecule has 5 nitrogen and oxygen atoms in total. The van der Waals surface area contributed by atoms with Gasteiger partial charge in [0.15, 0.2) is 5.82 Å². The number of rotatable bonds is 6. The average Bonchev–Trinajstić information content (AvgIpc) is 2.67. The lowest BCUT2D eigenvalue weighted by molar-refractivity contribution is 0.271. The van der Waals surface area contributed by atoms with Gasteiger partial charge in [0.2, 0.25) is 0 Å². The number of nitrogens with zero attached hydrogens (tertiary/aromatic N) is 3. The van der Waals surface area contributed by atoms with Crippen molar-refractivity contribution in [2.75, 3.05) is 11.9 Å². The van der Waals surface area contributed by atoms with Gasteiger partial charge in [-0.1, -0.05) is 30.7 Å². The number of anilines is 1. The van der Waals surface area contributed by atoms with Crippen molar-refractivity contribution >= 4 is 17.4 Å². The fourth-order valence-electron chi connectivity index (χ4n) is 2.40. The van der Waals surface area contributed by atoms with Crippen LogP contribution in [0.3, 0.4) is 0 Å². The van der Waals surface area contributed by atoms with Gasteiger partial charge in [-0.05, 0) is 30.7 Å². The molecule has 3 aromatic rings. The Hall–Kier alpha value is -2.50. The van der Waals surface area contributed by atoms with Crippen molar-refractivity contribution in [3.05, 3.63) is 59.9 Å². The maximum absolute atomic E-state index is 9.46. The van der Waals surface area contributed by atoms with Crippen LogP contribution in [0, 0.1) is 0 Å². The molecule has 1 atom stereocenters. The third-order valence-corrected chi connectivity index (χ3v) is 4.10. The number of aliphatic hydroxyl groups excluding tert-OH is 1. The van der Waals surface area contributed by atoms with Gasteiger partial charge in [0.1, 0.15) is 5.82 Å². The number of halogens is 1. The Balaban J connectivity index is 2.06. The summed E-state index contributed by atoms with van der Waals surface area (Å²) in [6.07, 6.45) is 4.23. The van der Waals surface area contributed by atoms with Crippen LogP contribution in [-0.2, 0) is 0 Å². The molecule has 0 bridgehead atoms. The number of hydrogen-bond acceptors (Lipinski definition) is 5. The van der Waals surface area contributed by atoms with Crippen molar-refractivity contribution in [2.24, 2.45) is 0 Å². The van der Waals surface area contributed by atoms with E-state index in [0.717, 1.165) is 23.2 Å². The van der Waals surface area contributed by atoms with Gasteiger partial charge >= 0.3 is 0 Å². The number of aliphatic hydroxyl groups is 1. The van der Waals surface area contributed by atoms with Crippen molar-refractivity contribution < 1.29 is 5.11 Å². The quantitative estimate of drug-likeness (QED) is 0.699. The summed E-state index contributed by atoms with van der Waals surface area (Å²) in [6, 6.07) is 13.1. The van der Waals surface area contributed by atoms with E-state index < -0.39 is 0 Å². The van der Waals surface area contributed by atoms with E-state index in [2.05, 4.69) is 20.3 Å². The normalized spacial score (nSPS) is 12.0. The molecule has 25 heavy (non-hydrogen) atoms. The van der Waals surface area contributed by atoms with E-state index in [1.54, 1.807) is 12.4 Å². The molecule has 0 spiro atoms. The van der Waals surface area contributed by atoms with E-state index in [-0.39, 0.29) is 12.6 Å². The zero-order chi connectivity index (χ0) is 17.6. The van der Waals surface area contributed by atoms with E-state index >= 15 is 0 Å². The Morgan fingerprint density at radius 2 is 1.92 bits per heavy atom. The molecule has 0 amide bonds. The van der Waals surface area contributed by atoms with E-state index in [9.17, 15) is 5.11 Å². The number of nitrogens with one attached hydrogen (secondary N) is 1. The van der Waals surface area contributed by atoms with Crippen LogP contribution >= 0.6 is 11.6 Å². The first kappa shape index (κ1) is 17.3. The summed E-state index contributed by atoms with van der Waals surface area (Å²) < 4.78 is 0. The van der Waals surface area contributed by atoms with Crippen LogP contribution in [0.5, 0.6) is 0 Å². The first-order valence-corrected chi connectivity index (χ1v) is 8.50. The third kappa shape index (κ3) is 4.32. The van der Waals surface area contributed by atoms with Crippen molar-refractivity contribution in [3.8, 4) is 22.6 Å². The van der Waals surface area contributed by atoms with Gasteiger partial charge in [-0.3, -0.25) is 4.98 Å². The molecule has 2 heterocycles. The minimum absolute atomic E-state index is 0.0407. The molecule has 0 aliphatic rings. The van der Waals surface area contributed by atoms with Gasteiger partial charge in [-0.25, -0.2) is 9.97 Å². The third-order valence-electron chi connectivity index (χ3n) is 3.85. The van der Waals surface area contributed by atoms with E-state index in [4.69, 9.17) is 11.6 Å². The molecule has 3 rings (SSSR count). The summed E-state index contributed by atoms with van der Waals surface area (Å²) in [5.74, 6) is 1.25. The van der Waals surface area contributed by atoms with Gasteiger partial charge in [0, 0.05) is 34.6 Å². The summed E-state index contributed by atoms with van der Waals surface area (Å²) in [4.78, 5) is 13.4. The first-order valence-electron chi connectivity index (χ1n) is 8.12. The Morgan fingerprint density at radius 1 is 1.12 bits per heavy atom. The molecule has 128 valence electrons. The molecular formula is C19H19ClN4O. The van der Waals surface area contributed by atoms with Crippen LogP contribution in [0.2, 0.25) is 5.02 Å². The van der Waals surface area contributed by atoms with E-state index in [1.165, 1.54) is 0 Å². The average molecular weight is 355 g/mol. The van der Waals surface area contributed by atoms with Crippen LogP contribution in [0.4, 0.5) is 5.82 Å². The van der Waals surface area contributed by atoms with Crippen molar-refractivity contribution in [2.45, 2.75) is 19.4 Å². The van der Waals surface area contributed by atoms with Crippen molar-refractivity contribution in [1.29, 1.82) is 0 Å². The van der Waals surface area contributed by atoms with Crippen molar-refractivity contribution in [1.82, 2.24) is 15.0 Å². The van der Waals surface area contributed by atoms with Gasteiger partial charge in [0.05, 0.1) is 18.3 Å². The predicted molar refractivity (Wildman–Crippen MR) is 100 cm³/mol. The maximum Gasteiger partial charge on any atom is 0.163 e. The first-order chi connectivity index (χ1) is 12.2. The van der Waals surface area contributed by atoms with Crippen molar-refractivity contribution in [3.63, 3.8) is 0 Å². The molecule has 2 N–H and O–H groups in total. The fraction of sp³-hybridized carbons (Fsp3) is 0.211. The second-order valence-corrected chi connectivity index (χ2v) is 6.08. The highest BCUT2D eigenvalue weighted by atomic mass is 35.5. The van der Waals surface area contributed by atoms with E-state index in [0.29, 0.717) is 16.7 Å². The molecule has 1 unspecified atom stereocenters. The predicted octanol–water partition coefficient (Wildman–Crippen LogP) is 4.04. The molecule has 0 aliphatic heterocycles. The van der Waals surface area contributed by atoms with Gasteiger partial charge in [0.25, 0.3) is 0 Å². The highest BCUT2D eigenvalue weighted by Gasteiger charge is 2.11. The summed E-state index contributed by atoms with van der Waals surface area (Å²) in [5, 5.41) is 13.4. The number of benzene rings is 1. The lowest BCUT2D eigenvalue weighted by Gasteiger charge is -2.16. The lowest BCUT2D eigenvalue weighted by Crippen LogP contribution is -2.23. The van der Waals surface area contributed by atoms with Gasteiger partial charge in [-0.2, -0.15) is 0 Å². The Kier molecular flexibility index (Phi) is 5.58. The molecule has 0 saturated heterocycles. The molecule has 0 fully saturated rings. The molecule has 2 aromatic heterocycles. The largest absolute Gasteiger partial charge is 0.394 e. The SMILES string of the molecule is CCC(CO)Nc1cc(-c2ccc(Cl)cc2)nc(-c2cccnc2)n1. The van der Waals surface area contributed by atoms with Crippen LogP contribution < -0.4 is 5.32 Å². The van der Waals surface area contributed by atoms with Crippen LogP contribution in [-0.4, -0.2) is 32.7 Å². The molecule has 0 saturated carbocycles. The van der Waals surface area contributed by atoms with Gasteiger partial charge in [-0.15, -0.1) is 0 Å². The molecule has 0 radical (unpaired) electrons. The second-order valence-electron chi connectivity index (χ2n) is 5.64. The summed E-state index contributed by atoms with van der Waals surface area (Å²) in [6.45, 7) is 2.05. The minimum atomic E-state index is -0.0604. The smallest absolute Gasteiger partial charge is 0.163 e. The zero-order valence-electron chi connectivity index (χ0n) is 13.9. The standard InChI is InChI=1S/C19H19ClN4O/c1-2-16(12-25)22-18-10-17(13-5-7-15(20)8-6-13)23-19(24-18)14-4-3-9-21-11-14/h3-11,16,25H,2,12H2,1H3,(H,22,23,24). The lowest BCUT2D eigenvalue weighted by atomic mass is 10.1. The highest BCUT2D eigenvalue weighted by Crippen LogP contribution is 2.25. The molecule has 1 aromatic carbocycles. The zero-order valence-corrected chi connectivity index (χ0v) is 14.6. The van der Waals surface area contributed by atoms with Gasteiger partial charge < -0.3 is 10.4 Å². The number of aromatic nitrogens is 3. The van der Waals surface area contributed by atoms with Crippen LogP contribution in [0.15, 0.2) is 54.9 Å². The second kappa shape index (κ2) is 8.05. The van der Waals surface area contributed by atoms with Crippen LogP contribution in [0.25, 0.3) is 22.6 Å². The molecule has 6 heteroatoms. The monoisotopic (exact) mass is 354 g/mol. The maximum atomic E-state index is 9.46. The van der Waals surface area contributed by atoms with Crippen LogP contribution in [0.1, 0.15) is 13.3 Å². The number of hydrogen-bond donors (Lipinski definition) is 2. The Labute approximate surface area is 151 Å².